The molecule has 1 aromatic rings. The average Bonchev–Trinajstić information content (AvgIpc) is 2.04. The van der Waals surface area contributed by atoms with Crippen molar-refractivity contribution in [3.05, 3.63) is 24.3 Å². The zero-order chi connectivity index (χ0) is 9.90. The van der Waals surface area contributed by atoms with Gasteiger partial charge in [0.25, 0.3) is 0 Å². The van der Waals surface area contributed by atoms with E-state index in [0.29, 0.717) is 0 Å². The van der Waals surface area contributed by atoms with Crippen LogP contribution in [0.15, 0.2) is 24.3 Å². The van der Waals surface area contributed by atoms with Crippen LogP contribution >= 0.6 is 0 Å². The molecule has 1 nitrogen and oxygen atoms in total. The number of rotatable bonds is 3. The molecule has 0 saturated carbocycles. The fourth-order valence-electron chi connectivity index (χ4n) is 1.22. The molecule has 0 unspecified atom stereocenters. The van der Waals surface area contributed by atoms with Gasteiger partial charge in [0.2, 0.25) is 0 Å². The zero-order valence-electron chi connectivity index (χ0n) is 8.92. The summed E-state index contributed by atoms with van der Waals surface area (Å²) in [7, 11) is 0. The van der Waals surface area contributed by atoms with Gasteiger partial charge in [-0.2, -0.15) is 0 Å². The van der Waals surface area contributed by atoms with Crippen molar-refractivity contribution in [3.8, 4) is 5.75 Å². The fourth-order valence-corrected chi connectivity index (χ4v) is 3.38. The molecule has 66 valence electrons. The van der Waals surface area contributed by atoms with Crippen molar-refractivity contribution in [2.75, 3.05) is 6.61 Å². The van der Waals surface area contributed by atoms with E-state index in [1.807, 2.05) is 6.92 Å². The molecule has 0 aliphatic carbocycles. The van der Waals surface area contributed by atoms with Gasteiger partial charge in [-0.05, 0) is 0 Å². The third-order valence-electron chi connectivity index (χ3n) is 2.03. The van der Waals surface area contributed by atoms with Crippen LogP contribution in [0.25, 0.3) is 0 Å². The minimum absolute atomic E-state index is 0.751. The van der Waals surface area contributed by atoms with Gasteiger partial charge >= 0.3 is 98.2 Å². The van der Waals surface area contributed by atoms with E-state index in [1.54, 1.807) is 5.19 Å². The SMILES string of the molecule is CCOc1ccc([Si](C)(C)[Na])cc1. The van der Waals surface area contributed by atoms with E-state index < -0.39 is 4.63 Å². The Bertz CT molecular complexity index is 263. The molecule has 1 rings (SSSR count). The van der Waals surface area contributed by atoms with Crippen molar-refractivity contribution in [1.82, 2.24) is 0 Å². The van der Waals surface area contributed by atoms with E-state index >= 15 is 0 Å². The number of hydrogen-bond donors (Lipinski definition) is 0. The van der Waals surface area contributed by atoms with Crippen LogP contribution in [0.3, 0.4) is 0 Å². The van der Waals surface area contributed by atoms with Gasteiger partial charge in [0.05, 0.1) is 0 Å². The van der Waals surface area contributed by atoms with Gasteiger partial charge in [-0.25, -0.2) is 0 Å². The van der Waals surface area contributed by atoms with E-state index in [9.17, 15) is 0 Å². The molecule has 0 bridgehead atoms. The molecule has 0 aromatic heterocycles. The number of benzene rings is 1. The standard InChI is InChI=1S/C10H15OSi.Na/c1-4-11-9-5-7-10(8-6-9)12(2)3;/h5-8H,4H2,1-3H3;. The van der Waals surface area contributed by atoms with Crippen LogP contribution in [-0.2, 0) is 0 Å². The summed E-state index contributed by atoms with van der Waals surface area (Å²) in [5, 5.41) is 1.54. The maximum absolute atomic E-state index is 5.40. The molecule has 0 aliphatic heterocycles. The molecule has 0 aliphatic rings. The average molecular weight is 202 g/mol. The maximum atomic E-state index is 5.40. The van der Waals surface area contributed by atoms with Gasteiger partial charge in [0, 0.05) is 0 Å². The van der Waals surface area contributed by atoms with Crippen molar-refractivity contribution >= 4 is 36.8 Å². The van der Waals surface area contributed by atoms with E-state index in [2.05, 4.69) is 37.4 Å². The number of hydrogen-bond acceptors (Lipinski definition) is 1. The van der Waals surface area contributed by atoms with Crippen molar-refractivity contribution < 1.29 is 4.74 Å². The van der Waals surface area contributed by atoms with Gasteiger partial charge in [0.1, 0.15) is 0 Å². The molecule has 0 saturated heterocycles. The first-order chi connectivity index (χ1) is 6.04. The fraction of sp³-hybridized carbons (Fsp3) is 0.400. The molecule has 0 heterocycles. The van der Waals surface area contributed by atoms with E-state index in [4.69, 9.17) is 4.74 Å². The Morgan fingerprint density at radius 1 is 1.23 bits per heavy atom. The topological polar surface area (TPSA) is 9.23 Å². The predicted molar refractivity (Wildman–Crippen MR) is 60.5 cm³/mol. The van der Waals surface area contributed by atoms with Crippen LogP contribution in [0.5, 0.6) is 5.75 Å². The van der Waals surface area contributed by atoms with Crippen molar-refractivity contribution in [1.29, 1.82) is 0 Å². The summed E-state index contributed by atoms with van der Waals surface area (Å²) in [6.45, 7) is 7.59. The van der Waals surface area contributed by atoms with Gasteiger partial charge < -0.3 is 0 Å². The molecular weight excluding hydrogens is 187 g/mol. The van der Waals surface area contributed by atoms with E-state index in [0.717, 1.165) is 12.4 Å². The van der Waals surface area contributed by atoms with Crippen LogP contribution in [-0.4, -0.2) is 38.3 Å². The van der Waals surface area contributed by atoms with Crippen LogP contribution < -0.4 is 9.92 Å². The summed E-state index contributed by atoms with van der Waals surface area (Å²) in [4.78, 5) is 0. The third-order valence-corrected chi connectivity index (χ3v) is 5.83. The molecule has 0 atom stereocenters. The second kappa shape index (κ2) is 4.65. The summed E-state index contributed by atoms with van der Waals surface area (Å²) in [5.41, 5.74) is 0. The Morgan fingerprint density at radius 3 is 2.15 bits per heavy atom. The molecule has 0 fully saturated rings. The van der Waals surface area contributed by atoms with Crippen LogP contribution in [0.1, 0.15) is 6.92 Å². The van der Waals surface area contributed by atoms with Gasteiger partial charge in [-0.1, -0.05) is 0 Å². The first kappa shape index (κ1) is 11.3. The van der Waals surface area contributed by atoms with Crippen LogP contribution in [0.2, 0.25) is 13.1 Å². The quantitative estimate of drug-likeness (QED) is 0.677. The monoisotopic (exact) mass is 202 g/mol. The Labute approximate surface area is 97.7 Å². The summed E-state index contributed by atoms with van der Waals surface area (Å²) < 4.78 is 4.40. The Hall–Kier alpha value is 0.237. The minimum atomic E-state index is -0.996. The molecule has 0 radical (unpaired) electrons. The summed E-state index contributed by atoms with van der Waals surface area (Å²) in [5.74, 6) is 0.992. The first-order valence-electron chi connectivity index (χ1n) is 4.77. The molecule has 0 amide bonds. The Balaban J connectivity index is 2.81. The van der Waals surface area contributed by atoms with Gasteiger partial charge in [-0.15, -0.1) is 0 Å². The Kier molecular flexibility index (Phi) is 4.04. The molecular formula is C10H15NaOSi. The normalized spacial score (nSPS) is 11.5. The number of ether oxygens (including phenoxy) is 1. The van der Waals surface area contributed by atoms with Crippen molar-refractivity contribution in [3.63, 3.8) is 0 Å². The van der Waals surface area contributed by atoms with Crippen molar-refractivity contribution in [2.24, 2.45) is 0 Å². The third kappa shape index (κ3) is 3.47. The van der Waals surface area contributed by atoms with Crippen LogP contribution in [0, 0.1) is 0 Å². The molecule has 3 heteroatoms. The van der Waals surface area contributed by atoms with Gasteiger partial charge in [0.15, 0.2) is 0 Å². The Morgan fingerprint density at radius 2 is 1.77 bits per heavy atom. The summed E-state index contributed by atoms with van der Waals surface area (Å²) in [6, 6.07) is 8.63. The first-order valence-corrected chi connectivity index (χ1v) is 11.3. The molecule has 0 N–H and O–H groups in total. The second-order valence-electron chi connectivity index (χ2n) is 4.21. The molecule has 0 spiro atoms. The predicted octanol–water partition coefficient (Wildman–Crippen LogP) is 1.67. The van der Waals surface area contributed by atoms with Crippen molar-refractivity contribution in [2.45, 2.75) is 20.0 Å². The van der Waals surface area contributed by atoms with Crippen LogP contribution in [0.4, 0.5) is 0 Å². The zero-order valence-corrected chi connectivity index (χ0v) is 11.9. The van der Waals surface area contributed by atoms with E-state index in [-0.39, 0.29) is 0 Å². The second-order valence-corrected chi connectivity index (χ2v) is 16.8. The summed E-state index contributed by atoms with van der Waals surface area (Å²) in [6.07, 6.45) is 0. The van der Waals surface area contributed by atoms with E-state index in [1.165, 1.54) is 27.0 Å². The van der Waals surface area contributed by atoms with Gasteiger partial charge in [-0.3, -0.25) is 0 Å². The molecule has 13 heavy (non-hydrogen) atoms. The summed E-state index contributed by atoms with van der Waals surface area (Å²) >= 11 is 1.31. The molecule has 1 aromatic carbocycles.